The zero-order chi connectivity index (χ0) is 19.1. The Kier molecular flexibility index (Phi) is 5.32. The molecule has 4 atom stereocenters. The highest BCUT2D eigenvalue weighted by atomic mass is 16.5. The molecule has 2 aliphatic carbocycles. The van der Waals surface area contributed by atoms with Gasteiger partial charge in [0.25, 0.3) is 0 Å². The van der Waals surface area contributed by atoms with Gasteiger partial charge in [0.15, 0.2) is 0 Å². The first-order chi connectivity index (χ1) is 13.7. The van der Waals surface area contributed by atoms with Gasteiger partial charge in [-0.25, -0.2) is 0 Å². The van der Waals surface area contributed by atoms with Crippen LogP contribution in [0.4, 0.5) is 0 Å². The molecule has 3 aliphatic heterocycles. The highest BCUT2D eigenvalue weighted by Crippen LogP contribution is 2.45. The number of hydrogen-bond acceptors (Lipinski definition) is 5. The molecule has 0 aromatic heterocycles. The average Bonchev–Trinajstić information content (AvgIpc) is 3.26. The van der Waals surface area contributed by atoms with E-state index in [1.807, 2.05) is 4.90 Å². The summed E-state index contributed by atoms with van der Waals surface area (Å²) in [5, 5.41) is 3.15. The van der Waals surface area contributed by atoms with Crippen LogP contribution in [-0.4, -0.2) is 85.3 Å². The van der Waals surface area contributed by atoms with Crippen LogP contribution in [0, 0.1) is 11.8 Å². The standard InChI is InChI=1S/C21H33N3O4/c25-19(22-15-4-5-15)10-14-12-24(16-2-1-3-16)17-13-28-18(21(14)17)11-20(26)23-6-8-27-9-7-23/h14-18,21H,1-13H2,(H,22,25)/t14-,17-,18+,21-/m1/s1. The van der Waals surface area contributed by atoms with E-state index in [1.165, 1.54) is 19.3 Å². The first-order valence-corrected chi connectivity index (χ1v) is 11.2. The van der Waals surface area contributed by atoms with Crippen LogP contribution in [-0.2, 0) is 19.1 Å². The van der Waals surface area contributed by atoms with Crippen LogP contribution >= 0.6 is 0 Å². The molecule has 1 N–H and O–H groups in total. The molecule has 0 unspecified atom stereocenters. The van der Waals surface area contributed by atoms with E-state index in [4.69, 9.17) is 9.47 Å². The fourth-order valence-corrected chi connectivity index (χ4v) is 5.55. The predicted molar refractivity (Wildman–Crippen MR) is 103 cm³/mol. The minimum Gasteiger partial charge on any atom is -0.378 e. The van der Waals surface area contributed by atoms with Gasteiger partial charge in [-0.05, 0) is 31.6 Å². The van der Waals surface area contributed by atoms with Crippen LogP contribution < -0.4 is 5.32 Å². The summed E-state index contributed by atoms with van der Waals surface area (Å²) in [6.07, 6.45) is 7.05. The lowest BCUT2D eigenvalue weighted by atomic mass is 9.83. The van der Waals surface area contributed by atoms with E-state index in [9.17, 15) is 9.59 Å². The van der Waals surface area contributed by atoms with Gasteiger partial charge in [0.1, 0.15) is 0 Å². The molecule has 28 heavy (non-hydrogen) atoms. The Labute approximate surface area is 167 Å². The van der Waals surface area contributed by atoms with Gasteiger partial charge in [0.2, 0.25) is 11.8 Å². The van der Waals surface area contributed by atoms with E-state index in [2.05, 4.69) is 10.2 Å². The second kappa shape index (κ2) is 7.92. The van der Waals surface area contributed by atoms with Crippen molar-refractivity contribution in [3.63, 3.8) is 0 Å². The maximum Gasteiger partial charge on any atom is 0.225 e. The van der Waals surface area contributed by atoms with Crippen LogP contribution in [0.2, 0.25) is 0 Å². The zero-order valence-electron chi connectivity index (χ0n) is 16.7. The number of nitrogens with one attached hydrogen (secondary N) is 1. The molecule has 3 saturated heterocycles. The molecule has 5 aliphatic rings. The van der Waals surface area contributed by atoms with E-state index < -0.39 is 0 Å². The molecule has 0 aromatic carbocycles. The number of nitrogens with zero attached hydrogens (tertiary/aromatic N) is 2. The van der Waals surface area contributed by atoms with Crippen molar-refractivity contribution in [2.24, 2.45) is 11.8 Å². The highest BCUT2D eigenvalue weighted by molar-refractivity contribution is 5.78. The van der Waals surface area contributed by atoms with Gasteiger partial charge in [0, 0.05) is 50.1 Å². The smallest absolute Gasteiger partial charge is 0.225 e. The molecule has 3 heterocycles. The first-order valence-electron chi connectivity index (χ1n) is 11.2. The number of ether oxygens (including phenoxy) is 2. The monoisotopic (exact) mass is 391 g/mol. The molecule has 0 bridgehead atoms. The number of rotatable bonds is 6. The molecule has 0 radical (unpaired) electrons. The van der Waals surface area contributed by atoms with Crippen molar-refractivity contribution in [3.05, 3.63) is 0 Å². The SMILES string of the molecule is O=C(C[C@@H]1CN(C2CCC2)[C@@H]2CO[C@@H](CC(=O)N3CCOCC3)[C@H]12)NC1CC1. The summed E-state index contributed by atoms with van der Waals surface area (Å²) in [5.41, 5.74) is 0. The minimum absolute atomic E-state index is 0.0517. The fourth-order valence-electron chi connectivity index (χ4n) is 5.55. The molecule has 156 valence electrons. The van der Waals surface area contributed by atoms with Gasteiger partial charge >= 0.3 is 0 Å². The molecule has 0 aromatic rings. The predicted octanol–water partition coefficient (Wildman–Crippen LogP) is 0.772. The maximum absolute atomic E-state index is 12.8. The minimum atomic E-state index is -0.0517. The third-order valence-corrected chi connectivity index (χ3v) is 7.44. The summed E-state index contributed by atoms with van der Waals surface area (Å²) in [4.78, 5) is 29.8. The Morgan fingerprint density at radius 2 is 1.82 bits per heavy atom. The Hall–Kier alpha value is -1.18. The van der Waals surface area contributed by atoms with E-state index in [1.54, 1.807) is 0 Å². The van der Waals surface area contributed by atoms with E-state index in [0.29, 0.717) is 75.7 Å². The Bertz CT molecular complexity index is 600. The summed E-state index contributed by atoms with van der Waals surface area (Å²) >= 11 is 0. The Morgan fingerprint density at radius 1 is 1.04 bits per heavy atom. The number of morpholine rings is 1. The van der Waals surface area contributed by atoms with Crippen molar-refractivity contribution in [2.75, 3.05) is 39.5 Å². The quantitative estimate of drug-likeness (QED) is 0.724. The van der Waals surface area contributed by atoms with Crippen molar-refractivity contribution in [1.82, 2.24) is 15.1 Å². The van der Waals surface area contributed by atoms with Gasteiger partial charge in [-0.2, -0.15) is 0 Å². The molecule has 5 rings (SSSR count). The van der Waals surface area contributed by atoms with Crippen LogP contribution in [0.15, 0.2) is 0 Å². The normalized spacial score (nSPS) is 36.2. The third-order valence-electron chi connectivity index (χ3n) is 7.44. The number of carbonyl (C=O) groups excluding carboxylic acids is 2. The first kappa shape index (κ1) is 18.8. The Balaban J connectivity index is 1.25. The van der Waals surface area contributed by atoms with E-state index >= 15 is 0 Å². The van der Waals surface area contributed by atoms with Crippen molar-refractivity contribution in [1.29, 1.82) is 0 Å². The second-order valence-electron chi connectivity index (χ2n) is 9.30. The largest absolute Gasteiger partial charge is 0.378 e. The third kappa shape index (κ3) is 3.81. The topological polar surface area (TPSA) is 71.1 Å². The van der Waals surface area contributed by atoms with Crippen LogP contribution in [0.25, 0.3) is 0 Å². The summed E-state index contributed by atoms with van der Waals surface area (Å²) in [5.74, 6) is 0.967. The van der Waals surface area contributed by atoms with Gasteiger partial charge in [-0.3, -0.25) is 14.5 Å². The average molecular weight is 392 g/mol. The summed E-state index contributed by atoms with van der Waals surface area (Å²) in [6, 6.07) is 1.44. The molecular formula is C21H33N3O4. The molecule has 7 nitrogen and oxygen atoms in total. The molecule has 2 saturated carbocycles. The summed E-state index contributed by atoms with van der Waals surface area (Å²) in [7, 11) is 0. The number of carbonyl (C=O) groups is 2. The lowest BCUT2D eigenvalue weighted by molar-refractivity contribution is -0.138. The molecule has 0 spiro atoms. The lowest BCUT2D eigenvalue weighted by Gasteiger charge is -2.38. The van der Waals surface area contributed by atoms with Crippen LogP contribution in [0.5, 0.6) is 0 Å². The maximum atomic E-state index is 12.8. The highest BCUT2D eigenvalue weighted by Gasteiger charge is 2.53. The number of hydrogen-bond donors (Lipinski definition) is 1. The van der Waals surface area contributed by atoms with Gasteiger partial charge in [-0.15, -0.1) is 0 Å². The fraction of sp³-hybridized carbons (Fsp3) is 0.905. The van der Waals surface area contributed by atoms with Crippen LogP contribution in [0.1, 0.15) is 44.9 Å². The number of fused-ring (bicyclic) bond motifs is 1. The molecule has 7 heteroatoms. The van der Waals surface area contributed by atoms with Gasteiger partial charge in [0.05, 0.1) is 32.3 Å². The Morgan fingerprint density at radius 3 is 2.50 bits per heavy atom. The summed E-state index contributed by atoms with van der Waals surface area (Å²) < 4.78 is 11.6. The summed E-state index contributed by atoms with van der Waals surface area (Å²) in [6.45, 7) is 4.32. The molecule has 5 fully saturated rings. The molecular weight excluding hydrogens is 358 g/mol. The number of likely N-dealkylation sites (tertiary alicyclic amines) is 1. The van der Waals surface area contributed by atoms with Crippen molar-refractivity contribution >= 4 is 11.8 Å². The molecule has 2 amide bonds. The van der Waals surface area contributed by atoms with Gasteiger partial charge < -0.3 is 19.7 Å². The van der Waals surface area contributed by atoms with Crippen molar-refractivity contribution in [2.45, 2.75) is 69.2 Å². The van der Waals surface area contributed by atoms with Crippen molar-refractivity contribution < 1.29 is 19.1 Å². The van der Waals surface area contributed by atoms with E-state index in [0.717, 1.165) is 19.4 Å². The number of amides is 2. The zero-order valence-corrected chi connectivity index (χ0v) is 16.7. The van der Waals surface area contributed by atoms with Crippen molar-refractivity contribution in [3.8, 4) is 0 Å². The lowest BCUT2D eigenvalue weighted by Crippen LogP contribution is -2.45. The van der Waals surface area contributed by atoms with Gasteiger partial charge in [-0.1, -0.05) is 6.42 Å². The van der Waals surface area contributed by atoms with E-state index in [-0.39, 0.29) is 17.9 Å². The second-order valence-corrected chi connectivity index (χ2v) is 9.30. The van der Waals surface area contributed by atoms with Crippen LogP contribution in [0.3, 0.4) is 0 Å².